The lowest BCUT2D eigenvalue weighted by molar-refractivity contribution is -0.142. The van der Waals surface area contributed by atoms with Gasteiger partial charge < -0.3 is 10.0 Å². The second-order valence-corrected chi connectivity index (χ2v) is 6.46. The van der Waals surface area contributed by atoms with E-state index in [1.807, 2.05) is 45.9 Å². The maximum Gasteiger partial charge on any atom is 0.307 e. The molecule has 0 saturated heterocycles. The summed E-state index contributed by atoms with van der Waals surface area (Å²) in [6.07, 6.45) is 0. The first-order valence-corrected chi connectivity index (χ1v) is 7.36. The second kappa shape index (κ2) is 5.51. The van der Waals surface area contributed by atoms with Crippen molar-refractivity contribution < 1.29 is 14.7 Å². The third kappa shape index (κ3) is 2.94. The average molecular weight is 289 g/mol. The number of hydrogen-bond acceptors (Lipinski definition) is 2. The maximum absolute atomic E-state index is 12.6. The summed E-state index contributed by atoms with van der Waals surface area (Å²) in [6.45, 7) is 8.79. The number of carbonyl (C=O) groups excluding carboxylic acids is 1. The molecule has 0 bridgehead atoms. The van der Waals surface area contributed by atoms with Crippen LogP contribution in [0.2, 0.25) is 0 Å². The number of aliphatic carboxylic acids is 1. The molecule has 1 fully saturated rings. The van der Waals surface area contributed by atoms with Gasteiger partial charge in [0.15, 0.2) is 0 Å². The SMILES string of the molecule is CCN(Cc1cccc(C)c1)C(=O)[C@H]1[C@@H](C(=O)O)C1(C)C. The van der Waals surface area contributed by atoms with Crippen LogP contribution in [0, 0.1) is 24.2 Å². The van der Waals surface area contributed by atoms with Crippen molar-refractivity contribution in [3.05, 3.63) is 35.4 Å². The summed E-state index contributed by atoms with van der Waals surface area (Å²) in [4.78, 5) is 25.6. The number of carboxylic acid groups (broad SMARTS) is 1. The molecule has 1 N–H and O–H groups in total. The highest BCUT2D eigenvalue weighted by Gasteiger charge is 2.66. The van der Waals surface area contributed by atoms with Gasteiger partial charge in [-0.15, -0.1) is 0 Å². The quantitative estimate of drug-likeness (QED) is 0.906. The number of carboxylic acids is 1. The first kappa shape index (κ1) is 15.5. The van der Waals surface area contributed by atoms with E-state index >= 15 is 0 Å². The lowest BCUT2D eigenvalue weighted by Crippen LogP contribution is -2.33. The number of nitrogens with zero attached hydrogens (tertiary/aromatic N) is 1. The number of hydrogen-bond donors (Lipinski definition) is 1. The molecule has 1 aromatic rings. The molecule has 1 aliphatic rings. The van der Waals surface area contributed by atoms with E-state index in [2.05, 4.69) is 6.07 Å². The number of carbonyl (C=O) groups is 2. The molecule has 0 radical (unpaired) electrons. The van der Waals surface area contributed by atoms with Crippen LogP contribution in [0.4, 0.5) is 0 Å². The third-order valence-electron chi connectivity index (χ3n) is 4.51. The Bertz CT molecular complexity index is 565. The zero-order valence-electron chi connectivity index (χ0n) is 13.1. The topological polar surface area (TPSA) is 57.6 Å². The Kier molecular flexibility index (Phi) is 4.08. The normalized spacial score (nSPS) is 22.7. The molecule has 4 nitrogen and oxygen atoms in total. The van der Waals surface area contributed by atoms with Crippen LogP contribution in [0.25, 0.3) is 0 Å². The fourth-order valence-corrected chi connectivity index (χ4v) is 3.13. The standard InChI is InChI=1S/C17H23NO3/c1-5-18(10-12-8-6-7-11(2)9-12)15(19)13-14(16(20)21)17(13,3)4/h6-9,13-14H,5,10H2,1-4H3,(H,20,21)/t13-,14+/m1/s1. The molecule has 1 saturated carbocycles. The highest BCUT2D eigenvalue weighted by atomic mass is 16.4. The highest BCUT2D eigenvalue weighted by Crippen LogP contribution is 2.59. The lowest BCUT2D eigenvalue weighted by atomic mass is 10.1. The summed E-state index contributed by atoms with van der Waals surface area (Å²) < 4.78 is 0. The summed E-state index contributed by atoms with van der Waals surface area (Å²) >= 11 is 0. The minimum absolute atomic E-state index is 0.0450. The Morgan fingerprint density at radius 1 is 1.29 bits per heavy atom. The predicted molar refractivity (Wildman–Crippen MR) is 80.7 cm³/mol. The van der Waals surface area contributed by atoms with Crippen LogP contribution in [0.1, 0.15) is 31.9 Å². The van der Waals surface area contributed by atoms with E-state index in [-0.39, 0.29) is 5.91 Å². The van der Waals surface area contributed by atoms with Crippen LogP contribution in [0.5, 0.6) is 0 Å². The number of aryl methyl sites for hydroxylation is 1. The van der Waals surface area contributed by atoms with Gasteiger partial charge in [-0.1, -0.05) is 43.7 Å². The molecule has 1 aliphatic carbocycles. The third-order valence-corrected chi connectivity index (χ3v) is 4.51. The van der Waals surface area contributed by atoms with E-state index in [4.69, 9.17) is 0 Å². The van der Waals surface area contributed by atoms with Gasteiger partial charge in [-0.05, 0) is 24.8 Å². The van der Waals surface area contributed by atoms with Crippen molar-refractivity contribution in [1.29, 1.82) is 0 Å². The zero-order valence-corrected chi connectivity index (χ0v) is 13.1. The summed E-state index contributed by atoms with van der Waals surface area (Å²) in [5.41, 5.74) is 1.80. The van der Waals surface area contributed by atoms with Crippen molar-refractivity contribution in [2.24, 2.45) is 17.3 Å². The molecule has 0 spiro atoms. The molecule has 1 amide bonds. The molecule has 114 valence electrons. The molecule has 0 unspecified atom stereocenters. The van der Waals surface area contributed by atoms with Crippen LogP contribution >= 0.6 is 0 Å². The van der Waals surface area contributed by atoms with Crippen molar-refractivity contribution in [2.45, 2.75) is 34.2 Å². The summed E-state index contributed by atoms with van der Waals surface area (Å²) in [6, 6.07) is 8.05. The van der Waals surface area contributed by atoms with E-state index < -0.39 is 23.2 Å². The van der Waals surface area contributed by atoms with Crippen molar-refractivity contribution in [3.63, 3.8) is 0 Å². The minimum Gasteiger partial charge on any atom is -0.481 e. The Hall–Kier alpha value is -1.84. The molecule has 21 heavy (non-hydrogen) atoms. The van der Waals surface area contributed by atoms with Gasteiger partial charge in [-0.3, -0.25) is 9.59 Å². The molecule has 0 aliphatic heterocycles. The van der Waals surface area contributed by atoms with Gasteiger partial charge in [0.1, 0.15) is 0 Å². The number of benzene rings is 1. The molecule has 2 atom stereocenters. The Balaban J connectivity index is 2.12. The molecule has 1 aromatic carbocycles. The van der Waals surface area contributed by atoms with E-state index in [0.29, 0.717) is 13.1 Å². The van der Waals surface area contributed by atoms with Gasteiger partial charge >= 0.3 is 5.97 Å². The van der Waals surface area contributed by atoms with Crippen LogP contribution in [-0.4, -0.2) is 28.4 Å². The zero-order chi connectivity index (χ0) is 15.8. The van der Waals surface area contributed by atoms with E-state index in [0.717, 1.165) is 11.1 Å². The minimum atomic E-state index is -0.870. The van der Waals surface area contributed by atoms with Gasteiger partial charge in [0, 0.05) is 13.1 Å². The van der Waals surface area contributed by atoms with E-state index in [9.17, 15) is 14.7 Å². The number of rotatable bonds is 5. The fourth-order valence-electron chi connectivity index (χ4n) is 3.13. The molecule has 2 rings (SSSR count). The number of amides is 1. The van der Waals surface area contributed by atoms with Gasteiger partial charge in [-0.2, -0.15) is 0 Å². The van der Waals surface area contributed by atoms with Crippen molar-refractivity contribution in [3.8, 4) is 0 Å². The molecule has 0 heterocycles. The van der Waals surface area contributed by atoms with Gasteiger partial charge in [0.25, 0.3) is 0 Å². The van der Waals surface area contributed by atoms with Crippen LogP contribution in [0.3, 0.4) is 0 Å². The van der Waals surface area contributed by atoms with Gasteiger partial charge in [0.05, 0.1) is 11.8 Å². The Morgan fingerprint density at radius 2 is 1.95 bits per heavy atom. The molecular formula is C17H23NO3. The van der Waals surface area contributed by atoms with Gasteiger partial charge in [-0.25, -0.2) is 0 Å². The summed E-state index contributed by atoms with van der Waals surface area (Å²) in [7, 11) is 0. The van der Waals surface area contributed by atoms with Crippen molar-refractivity contribution >= 4 is 11.9 Å². The predicted octanol–water partition coefficient (Wildman–Crippen LogP) is 2.70. The lowest BCUT2D eigenvalue weighted by Gasteiger charge is -2.22. The molecule has 0 aromatic heterocycles. The smallest absolute Gasteiger partial charge is 0.307 e. The first-order valence-electron chi connectivity index (χ1n) is 7.36. The highest BCUT2D eigenvalue weighted by molar-refractivity contribution is 5.91. The van der Waals surface area contributed by atoms with E-state index in [1.54, 1.807) is 4.90 Å². The average Bonchev–Trinajstić information content (AvgIpc) is 2.98. The first-order chi connectivity index (χ1) is 9.78. The Labute approximate surface area is 125 Å². The maximum atomic E-state index is 12.6. The van der Waals surface area contributed by atoms with Crippen LogP contribution < -0.4 is 0 Å². The van der Waals surface area contributed by atoms with Gasteiger partial charge in [0.2, 0.25) is 5.91 Å². The van der Waals surface area contributed by atoms with Crippen molar-refractivity contribution in [1.82, 2.24) is 4.90 Å². The van der Waals surface area contributed by atoms with Crippen LogP contribution in [0.15, 0.2) is 24.3 Å². The molecule has 4 heteroatoms. The summed E-state index contributed by atoms with van der Waals surface area (Å²) in [5, 5.41) is 9.22. The second-order valence-electron chi connectivity index (χ2n) is 6.46. The Morgan fingerprint density at radius 3 is 2.43 bits per heavy atom. The summed E-state index contributed by atoms with van der Waals surface area (Å²) in [5.74, 6) is -1.88. The van der Waals surface area contributed by atoms with Crippen molar-refractivity contribution in [2.75, 3.05) is 6.54 Å². The largest absolute Gasteiger partial charge is 0.481 e. The van der Waals surface area contributed by atoms with Crippen LogP contribution in [-0.2, 0) is 16.1 Å². The monoisotopic (exact) mass is 289 g/mol. The fraction of sp³-hybridized carbons (Fsp3) is 0.529. The molecular weight excluding hydrogens is 266 g/mol. The van der Waals surface area contributed by atoms with E-state index in [1.165, 1.54) is 0 Å².